The number of carbonyl (C=O) groups excluding carboxylic acids is 2. The molecule has 10 heteroatoms. The molecule has 0 radical (unpaired) electrons. The lowest BCUT2D eigenvalue weighted by atomic mass is 10.1. The van der Waals surface area contributed by atoms with E-state index in [2.05, 4.69) is 5.32 Å². The van der Waals surface area contributed by atoms with E-state index in [0.29, 0.717) is 34.1 Å². The molecule has 7 nitrogen and oxygen atoms in total. The SMILES string of the molecule is CCc1ccccc1N(CC(=O)N(Cc1ccc(Cl)c(Cl)c1)[C@@H](CC)C(=O)NC(C)(C)C)S(C)(=O)=O. The number of nitrogens with one attached hydrogen (secondary N) is 1. The van der Waals surface area contributed by atoms with Crippen LogP contribution in [0.4, 0.5) is 5.69 Å². The van der Waals surface area contributed by atoms with Crippen molar-refractivity contribution in [2.24, 2.45) is 0 Å². The number of sulfonamides is 1. The number of halogens is 2. The molecule has 1 atom stereocenters. The zero-order chi connectivity index (χ0) is 27.3. The minimum Gasteiger partial charge on any atom is -0.350 e. The molecule has 0 saturated heterocycles. The van der Waals surface area contributed by atoms with Crippen LogP contribution < -0.4 is 9.62 Å². The first-order chi connectivity index (χ1) is 16.7. The quantitative estimate of drug-likeness (QED) is 0.444. The van der Waals surface area contributed by atoms with E-state index in [1.165, 1.54) is 4.90 Å². The first-order valence-corrected chi connectivity index (χ1v) is 14.4. The van der Waals surface area contributed by atoms with Crippen LogP contribution in [0.15, 0.2) is 42.5 Å². The molecule has 2 amide bonds. The summed E-state index contributed by atoms with van der Waals surface area (Å²) in [5, 5.41) is 3.63. The number of para-hydroxylation sites is 1. The summed E-state index contributed by atoms with van der Waals surface area (Å²) in [6, 6.07) is 11.2. The van der Waals surface area contributed by atoms with Crippen molar-refractivity contribution in [1.29, 1.82) is 0 Å². The number of rotatable bonds is 10. The Bertz CT molecular complexity index is 1200. The first kappa shape index (κ1) is 29.9. The second-order valence-corrected chi connectivity index (χ2v) is 12.4. The summed E-state index contributed by atoms with van der Waals surface area (Å²) >= 11 is 12.3. The van der Waals surface area contributed by atoms with Gasteiger partial charge in [0.15, 0.2) is 0 Å². The third kappa shape index (κ3) is 8.11. The average Bonchev–Trinajstić information content (AvgIpc) is 2.77. The molecule has 0 fully saturated rings. The topological polar surface area (TPSA) is 86.8 Å². The van der Waals surface area contributed by atoms with Crippen LogP contribution in [-0.4, -0.2) is 49.5 Å². The van der Waals surface area contributed by atoms with E-state index in [0.717, 1.165) is 16.1 Å². The van der Waals surface area contributed by atoms with Gasteiger partial charge < -0.3 is 10.2 Å². The first-order valence-electron chi connectivity index (χ1n) is 11.8. The van der Waals surface area contributed by atoms with Crippen LogP contribution in [0, 0.1) is 0 Å². The fourth-order valence-corrected chi connectivity index (χ4v) is 5.06. The minimum atomic E-state index is -3.80. The lowest BCUT2D eigenvalue weighted by Gasteiger charge is -2.34. The molecule has 0 aliphatic carbocycles. The third-order valence-electron chi connectivity index (χ3n) is 5.54. The molecule has 0 bridgehead atoms. The zero-order valence-corrected chi connectivity index (χ0v) is 24.0. The molecule has 0 aliphatic rings. The lowest BCUT2D eigenvalue weighted by molar-refractivity contribution is -0.141. The van der Waals surface area contributed by atoms with Gasteiger partial charge in [0.2, 0.25) is 21.8 Å². The van der Waals surface area contributed by atoms with Crippen molar-refractivity contribution >= 4 is 50.7 Å². The van der Waals surface area contributed by atoms with Gasteiger partial charge in [-0.25, -0.2) is 8.42 Å². The molecule has 0 heterocycles. The van der Waals surface area contributed by atoms with Crippen molar-refractivity contribution in [3.8, 4) is 0 Å². The Hall–Kier alpha value is -2.29. The van der Waals surface area contributed by atoms with Crippen molar-refractivity contribution in [2.45, 2.75) is 65.6 Å². The number of nitrogens with zero attached hydrogens (tertiary/aromatic N) is 2. The Morgan fingerprint density at radius 1 is 1.03 bits per heavy atom. The van der Waals surface area contributed by atoms with Crippen molar-refractivity contribution < 1.29 is 18.0 Å². The zero-order valence-electron chi connectivity index (χ0n) is 21.6. The number of hydrogen-bond donors (Lipinski definition) is 1. The maximum Gasteiger partial charge on any atom is 0.244 e. The summed E-state index contributed by atoms with van der Waals surface area (Å²) < 4.78 is 26.7. The highest BCUT2D eigenvalue weighted by molar-refractivity contribution is 7.92. The van der Waals surface area contributed by atoms with E-state index >= 15 is 0 Å². The Balaban J connectivity index is 2.52. The molecule has 0 saturated carbocycles. The maximum atomic E-state index is 13.8. The van der Waals surface area contributed by atoms with Crippen LogP contribution in [0.25, 0.3) is 0 Å². The van der Waals surface area contributed by atoms with E-state index in [1.807, 2.05) is 46.8 Å². The normalized spacial score (nSPS) is 12.7. The predicted octanol–water partition coefficient (Wildman–Crippen LogP) is 5.04. The number of amides is 2. The molecule has 198 valence electrons. The van der Waals surface area contributed by atoms with Crippen LogP contribution in [0.3, 0.4) is 0 Å². The van der Waals surface area contributed by atoms with E-state index in [1.54, 1.807) is 30.3 Å². The molecule has 0 unspecified atom stereocenters. The Morgan fingerprint density at radius 3 is 2.19 bits per heavy atom. The Kier molecular flexibility index (Phi) is 10.2. The molecule has 2 aromatic carbocycles. The van der Waals surface area contributed by atoms with Crippen molar-refractivity contribution in [3.63, 3.8) is 0 Å². The number of benzene rings is 2. The number of hydrogen-bond acceptors (Lipinski definition) is 4. The van der Waals surface area contributed by atoms with E-state index in [-0.39, 0.29) is 12.5 Å². The molecule has 0 aliphatic heterocycles. The predicted molar refractivity (Wildman–Crippen MR) is 147 cm³/mol. The molecule has 2 rings (SSSR count). The molecular weight excluding hydrogens is 521 g/mol. The second-order valence-electron chi connectivity index (χ2n) is 9.69. The summed E-state index contributed by atoms with van der Waals surface area (Å²) in [5.74, 6) is -0.827. The van der Waals surface area contributed by atoms with E-state index in [9.17, 15) is 18.0 Å². The van der Waals surface area contributed by atoms with Crippen molar-refractivity contribution in [1.82, 2.24) is 10.2 Å². The van der Waals surface area contributed by atoms with Crippen LogP contribution in [0.5, 0.6) is 0 Å². The van der Waals surface area contributed by atoms with Gasteiger partial charge in [0.05, 0.1) is 22.0 Å². The summed E-state index contributed by atoms with van der Waals surface area (Å²) in [6.45, 7) is 8.90. The van der Waals surface area contributed by atoms with Crippen LogP contribution >= 0.6 is 23.2 Å². The van der Waals surface area contributed by atoms with Crippen LogP contribution in [0.2, 0.25) is 10.0 Å². The maximum absolute atomic E-state index is 13.8. The largest absolute Gasteiger partial charge is 0.350 e. The third-order valence-corrected chi connectivity index (χ3v) is 7.41. The summed E-state index contributed by atoms with van der Waals surface area (Å²) in [7, 11) is -3.80. The second kappa shape index (κ2) is 12.3. The van der Waals surface area contributed by atoms with Gasteiger partial charge >= 0.3 is 0 Å². The fourth-order valence-electron chi connectivity index (χ4n) is 3.85. The molecule has 0 aromatic heterocycles. The highest BCUT2D eigenvalue weighted by Gasteiger charge is 2.33. The van der Waals surface area contributed by atoms with E-state index in [4.69, 9.17) is 23.2 Å². The summed E-state index contributed by atoms with van der Waals surface area (Å²) in [4.78, 5) is 28.4. The smallest absolute Gasteiger partial charge is 0.244 e. The molecular formula is C26H35Cl2N3O4S. The average molecular weight is 557 g/mol. The van der Waals surface area contributed by atoms with Gasteiger partial charge in [-0.05, 0) is 62.9 Å². The van der Waals surface area contributed by atoms with Crippen molar-refractivity contribution in [3.05, 3.63) is 63.6 Å². The fraction of sp³-hybridized carbons (Fsp3) is 0.462. The van der Waals surface area contributed by atoms with Gasteiger partial charge in [-0.2, -0.15) is 0 Å². The molecule has 0 spiro atoms. The monoisotopic (exact) mass is 555 g/mol. The Labute approximate surface area is 224 Å². The number of anilines is 1. The van der Waals surface area contributed by atoms with Crippen LogP contribution in [-0.2, 0) is 32.6 Å². The number of aryl methyl sites for hydroxylation is 1. The number of carbonyl (C=O) groups is 2. The molecule has 1 N–H and O–H groups in total. The minimum absolute atomic E-state index is 0.0544. The van der Waals surface area contributed by atoms with Crippen LogP contribution in [0.1, 0.15) is 52.2 Å². The molecule has 36 heavy (non-hydrogen) atoms. The molecule has 2 aromatic rings. The van der Waals surface area contributed by atoms with E-state index < -0.39 is 34.1 Å². The van der Waals surface area contributed by atoms with Gasteiger partial charge in [-0.15, -0.1) is 0 Å². The summed E-state index contributed by atoms with van der Waals surface area (Å²) in [6.07, 6.45) is 1.99. The Morgan fingerprint density at radius 2 is 1.67 bits per heavy atom. The van der Waals surface area contributed by atoms with Gasteiger partial charge in [-0.3, -0.25) is 13.9 Å². The standard InChI is InChI=1S/C26H35Cl2N3O4S/c1-7-19-11-9-10-12-23(19)31(36(6,34)35)17-24(32)30(16-18-13-14-20(27)21(28)15-18)22(8-2)25(33)29-26(3,4)5/h9-15,22H,7-8,16-17H2,1-6H3,(H,29,33)/t22-/m0/s1. The van der Waals surface area contributed by atoms with Crippen molar-refractivity contribution in [2.75, 3.05) is 17.1 Å². The van der Waals surface area contributed by atoms with Gasteiger partial charge in [-0.1, -0.05) is 61.3 Å². The highest BCUT2D eigenvalue weighted by Crippen LogP contribution is 2.26. The van der Waals surface area contributed by atoms with Gasteiger partial charge in [0.1, 0.15) is 12.6 Å². The van der Waals surface area contributed by atoms with Gasteiger partial charge in [0.25, 0.3) is 0 Å². The summed E-state index contributed by atoms with van der Waals surface area (Å²) in [5.41, 5.74) is 1.39. The highest BCUT2D eigenvalue weighted by atomic mass is 35.5. The lowest BCUT2D eigenvalue weighted by Crippen LogP contribution is -2.55. The van der Waals surface area contributed by atoms with Gasteiger partial charge in [0, 0.05) is 12.1 Å².